The molecule has 3 nitrogen and oxygen atoms in total. The van der Waals surface area contributed by atoms with Crippen LogP contribution in [-0.4, -0.2) is 29.1 Å². The molecular formula is C12H13NO2. The number of carbonyl (C=O) groups is 1. The molecule has 1 heterocycles. The predicted octanol–water partition coefficient (Wildman–Crippen LogP) is 1.12. The first-order valence-electron chi connectivity index (χ1n) is 4.96. The lowest BCUT2D eigenvalue weighted by Crippen LogP contribution is -2.32. The number of aliphatic hydroxyl groups is 1. The van der Waals surface area contributed by atoms with Gasteiger partial charge in [-0.05, 0) is 5.56 Å². The normalized spacial score (nSPS) is 17.1. The SMILES string of the molecule is O=C1C=CCN1[C@@H](CO)c1ccccc1. The molecule has 0 unspecified atom stereocenters. The van der Waals surface area contributed by atoms with Crippen molar-refractivity contribution in [1.82, 2.24) is 4.90 Å². The molecule has 15 heavy (non-hydrogen) atoms. The Kier molecular flexibility index (Phi) is 2.83. The van der Waals surface area contributed by atoms with E-state index in [1.807, 2.05) is 36.4 Å². The average molecular weight is 203 g/mol. The molecule has 0 bridgehead atoms. The zero-order valence-electron chi connectivity index (χ0n) is 8.34. The maximum atomic E-state index is 11.5. The van der Waals surface area contributed by atoms with Crippen molar-refractivity contribution in [2.45, 2.75) is 6.04 Å². The van der Waals surface area contributed by atoms with Crippen LogP contribution in [0.15, 0.2) is 42.5 Å². The van der Waals surface area contributed by atoms with Crippen molar-refractivity contribution in [2.24, 2.45) is 0 Å². The van der Waals surface area contributed by atoms with Gasteiger partial charge in [-0.2, -0.15) is 0 Å². The zero-order valence-corrected chi connectivity index (χ0v) is 8.34. The first kappa shape index (κ1) is 9.93. The van der Waals surface area contributed by atoms with Crippen LogP contribution in [0.25, 0.3) is 0 Å². The number of aliphatic hydroxyl groups excluding tert-OH is 1. The van der Waals surface area contributed by atoms with E-state index in [1.165, 1.54) is 0 Å². The Morgan fingerprint density at radius 2 is 2.07 bits per heavy atom. The second kappa shape index (κ2) is 4.28. The van der Waals surface area contributed by atoms with E-state index in [9.17, 15) is 9.90 Å². The van der Waals surface area contributed by atoms with Gasteiger partial charge in [0.15, 0.2) is 0 Å². The van der Waals surface area contributed by atoms with Gasteiger partial charge in [-0.15, -0.1) is 0 Å². The number of carbonyl (C=O) groups excluding carboxylic acids is 1. The van der Waals surface area contributed by atoms with E-state index in [-0.39, 0.29) is 18.6 Å². The maximum absolute atomic E-state index is 11.5. The molecule has 0 saturated carbocycles. The van der Waals surface area contributed by atoms with Gasteiger partial charge in [0.25, 0.3) is 0 Å². The molecule has 1 amide bonds. The number of amides is 1. The third-order valence-corrected chi connectivity index (χ3v) is 2.58. The summed E-state index contributed by atoms with van der Waals surface area (Å²) in [6.07, 6.45) is 3.36. The number of nitrogens with zero attached hydrogens (tertiary/aromatic N) is 1. The Labute approximate surface area is 88.6 Å². The Balaban J connectivity index is 2.21. The molecule has 0 aliphatic carbocycles. The largest absolute Gasteiger partial charge is 0.394 e. The molecule has 0 saturated heterocycles. The predicted molar refractivity (Wildman–Crippen MR) is 57.1 cm³/mol. The van der Waals surface area contributed by atoms with Gasteiger partial charge in [-0.3, -0.25) is 4.79 Å². The fourth-order valence-corrected chi connectivity index (χ4v) is 1.79. The summed E-state index contributed by atoms with van der Waals surface area (Å²) in [7, 11) is 0. The first-order valence-corrected chi connectivity index (χ1v) is 4.96. The Bertz CT molecular complexity index is 372. The fraction of sp³-hybridized carbons (Fsp3) is 0.250. The minimum atomic E-state index is -0.228. The van der Waals surface area contributed by atoms with Crippen LogP contribution < -0.4 is 0 Å². The van der Waals surface area contributed by atoms with Crippen LogP contribution in [0, 0.1) is 0 Å². The lowest BCUT2D eigenvalue weighted by molar-refractivity contribution is -0.127. The van der Waals surface area contributed by atoms with Crippen molar-refractivity contribution in [3.8, 4) is 0 Å². The van der Waals surface area contributed by atoms with Crippen molar-refractivity contribution in [2.75, 3.05) is 13.2 Å². The molecule has 1 aliphatic heterocycles. The molecule has 1 atom stereocenters. The van der Waals surface area contributed by atoms with Gasteiger partial charge in [0.05, 0.1) is 12.6 Å². The number of hydrogen-bond acceptors (Lipinski definition) is 2. The molecule has 1 aromatic rings. The highest BCUT2D eigenvalue weighted by Crippen LogP contribution is 2.22. The van der Waals surface area contributed by atoms with Gasteiger partial charge in [-0.25, -0.2) is 0 Å². The average Bonchev–Trinajstić information content (AvgIpc) is 2.68. The molecule has 0 aromatic heterocycles. The van der Waals surface area contributed by atoms with Crippen LogP contribution in [0.2, 0.25) is 0 Å². The van der Waals surface area contributed by atoms with E-state index in [1.54, 1.807) is 11.0 Å². The molecule has 78 valence electrons. The van der Waals surface area contributed by atoms with Gasteiger partial charge in [0.1, 0.15) is 0 Å². The quantitative estimate of drug-likeness (QED) is 0.799. The summed E-state index contributed by atoms with van der Waals surface area (Å²) in [6, 6.07) is 9.35. The van der Waals surface area contributed by atoms with Gasteiger partial charge in [0.2, 0.25) is 5.91 Å². The van der Waals surface area contributed by atoms with E-state index < -0.39 is 0 Å². The maximum Gasteiger partial charge on any atom is 0.247 e. The summed E-state index contributed by atoms with van der Waals surface area (Å²) in [6.45, 7) is 0.538. The van der Waals surface area contributed by atoms with E-state index >= 15 is 0 Å². The van der Waals surface area contributed by atoms with Gasteiger partial charge < -0.3 is 10.0 Å². The van der Waals surface area contributed by atoms with Crippen molar-refractivity contribution in [3.05, 3.63) is 48.0 Å². The highest BCUT2D eigenvalue weighted by Gasteiger charge is 2.24. The molecule has 0 spiro atoms. The Morgan fingerprint density at radius 1 is 1.33 bits per heavy atom. The second-order valence-corrected chi connectivity index (χ2v) is 3.50. The minimum absolute atomic E-state index is 0.0297. The van der Waals surface area contributed by atoms with E-state index in [2.05, 4.69) is 0 Å². The molecule has 0 fully saturated rings. The van der Waals surface area contributed by atoms with E-state index in [4.69, 9.17) is 0 Å². The van der Waals surface area contributed by atoms with Gasteiger partial charge in [-0.1, -0.05) is 36.4 Å². The highest BCUT2D eigenvalue weighted by molar-refractivity contribution is 5.90. The topological polar surface area (TPSA) is 40.5 Å². The molecule has 1 aromatic carbocycles. The summed E-state index contributed by atoms with van der Waals surface area (Å²) >= 11 is 0. The van der Waals surface area contributed by atoms with Crippen molar-refractivity contribution in [1.29, 1.82) is 0 Å². The third-order valence-electron chi connectivity index (χ3n) is 2.58. The van der Waals surface area contributed by atoms with Crippen LogP contribution in [-0.2, 0) is 4.79 Å². The molecule has 1 N–H and O–H groups in total. The lowest BCUT2D eigenvalue weighted by atomic mass is 10.1. The van der Waals surface area contributed by atoms with Crippen LogP contribution in [0.4, 0.5) is 0 Å². The molecule has 0 radical (unpaired) electrons. The molecular weight excluding hydrogens is 190 g/mol. The third kappa shape index (κ3) is 1.92. The number of benzene rings is 1. The van der Waals surface area contributed by atoms with Crippen LogP contribution in [0.3, 0.4) is 0 Å². The van der Waals surface area contributed by atoms with Crippen molar-refractivity contribution < 1.29 is 9.90 Å². The van der Waals surface area contributed by atoms with Crippen molar-refractivity contribution in [3.63, 3.8) is 0 Å². The van der Waals surface area contributed by atoms with Gasteiger partial charge >= 0.3 is 0 Å². The highest BCUT2D eigenvalue weighted by atomic mass is 16.3. The van der Waals surface area contributed by atoms with E-state index in [0.29, 0.717) is 6.54 Å². The first-order chi connectivity index (χ1) is 7.33. The molecule has 1 aliphatic rings. The molecule has 3 heteroatoms. The standard InChI is InChI=1S/C12H13NO2/c14-9-11(10-5-2-1-3-6-10)13-8-4-7-12(13)15/h1-7,11,14H,8-9H2/t11-/m0/s1. The smallest absolute Gasteiger partial charge is 0.247 e. The Morgan fingerprint density at radius 3 is 2.60 bits per heavy atom. The number of hydrogen-bond donors (Lipinski definition) is 1. The van der Waals surface area contributed by atoms with Crippen LogP contribution >= 0.6 is 0 Å². The van der Waals surface area contributed by atoms with Crippen LogP contribution in [0.1, 0.15) is 11.6 Å². The van der Waals surface area contributed by atoms with Gasteiger partial charge in [0, 0.05) is 12.6 Å². The second-order valence-electron chi connectivity index (χ2n) is 3.50. The van der Waals surface area contributed by atoms with E-state index in [0.717, 1.165) is 5.56 Å². The lowest BCUT2D eigenvalue weighted by Gasteiger charge is -2.26. The zero-order chi connectivity index (χ0) is 10.7. The Hall–Kier alpha value is -1.61. The minimum Gasteiger partial charge on any atom is -0.394 e. The van der Waals surface area contributed by atoms with Crippen LogP contribution in [0.5, 0.6) is 0 Å². The summed E-state index contributed by atoms with van der Waals surface area (Å²) in [5, 5.41) is 9.34. The number of rotatable bonds is 3. The summed E-state index contributed by atoms with van der Waals surface area (Å²) in [4.78, 5) is 13.1. The van der Waals surface area contributed by atoms with Crippen molar-refractivity contribution >= 4 is 5.91 Å². The molecule has 2 rings (SSSR count). The summed E-state index contributed by atoms with van der Waals surface area (Å²) < 4.78 is 0. The monoisotopic (exact) mass is 203 g/mol. The summed E-state index contributed by atoms with van der Waals surface area (Å²) in [5.74, 6) is -0.0297. The fourth-order valence-electron chi connectivity index (χ4n) is 1.79. The summed E-state index contributed by atoms with van der Waals surface area (Å²) in [5.41, 5.74) is 0.969.